The average molecular weight is 287 g/mol. The third-order valence-electron chi connectivity index (χ3n) is 4.75. The lowest BCUT2D eigenvalue weighted by atomic mass is 9.95. The summed E-state index contributed by atoms with van der Waals surface area (Å²) in [5.41, 5.74) is 2.26. The van der Waals surface area contributed by atoms with E-state index in [2.05, 4.69) is 27.7 Å². The Kier molecular flexibility index (Phi) is 4.56. The predicted molar refractivity (Wildman–Crippen MR) is 85.4 cm³/mol. The Morgan fingerprint density at radius 3 is 3.05 bits per heavy atom. The lowest BCUT2D eigenvalue weighted by molar-refractivity contribution is -0.122. The Bertz CT molecular complexity index is 501. The fourth-order valence-electron chi connectivity index (χ4n) is 3.68. The molecule has 2 aliphatic rings. The van der Waals surface area contributed by atoms with Crippen molar-refractivity contribution in [2.45, 2.75) is 31.7 Å². The summed E-state index contributed by atoms with van der Waals surface area (Å²) in [6, 6.07) is 8.20. The van der Waals surface area contributed by atoms with Crippen molar-refractivity contribution in [2.24, 2.45) is 5.92 Å². The summed E-state index contributed by atoms with van der Waals surface area (Å²) < 4.78 is 0. The van der Waals surface area contributed by atoms with Gasteiger partial charge < -0.3 is 10.6 Å². The first-order valence-electron chi connectivity index (χ1n) is 8.05. The maximum Gasteiger partial charge on any atom is 0.241 e. The molecule has 2 atom stereocenters. The number of para-hydroxylation sites is 1. The van der Waals surface area contributed by atoms with Crippen LogP contribution in [0.1, 0.15) is 24.8 Å². The summed E-state index contributed by atoms with van der Waals surface area (Å²) in [5.74, 6) is 0.840. The molecular weight excluding hydrogens is 262 g/mol. The van der Waals surface area contributed by atoms with Crippen LogP contribution in [0.25, 0.3) is 0 Å². The number of rotatable bonds is 3. The molecule has 21 heavy (non-hydrogen) atoms. The number of aryl methyl sites for hydroxylation is 1. The van der Waals surface area contributed by atoms with Crippen LogP contribution in [-0.4, -0.2) is 43.5 Å². The molecule has 1 fully saturated rings. The van der Waals surface area contributed by atoms with Gasteiger partial charge in [-0.1, -0.05) is 18.2 Å². The van der Waals surface area contributed by atoms with Crippen LogP contribution in [0.15, 0.2) is 24.3 Å². The third-order valence-corrected chi connectivity index (χ3v) is 4.75. The van der Waals surface area contributed by atoms with Gasteiger partial charge in [0, 0.05) is 12.2 Å². The van der Waals surface area contributed by atoms with Crippen LogP contribution < -0.4 is 10.6 Å². The van der Waals surface area contributed by atoms with E-state index in [1.54, 1.807) is 0 Å². The van der Waals surface area contributed by atoms with Gasteiger partial charge in [-0.25, -0.2) is 0 Å². The molecule has 0 bridgehead atoms. The van der Waals surface area contributed by atoms with Gasteiger partial charge in [-0.2, -0.15) is 0 Å². The van der Waals surface area contributed by atoms with Gasteiger partial charge >= 0.3 is 0 Å². The van der Waals surface area contributed by atoms with Crippen LogP contribution >= 0.6 is 0 Å². The second kappa shape index (κ2) is 6.58. The van der Waals surface area contributed by atoms with Crippen molar-refractivity contribution in [3.05, 3.63) is 29.8 Å². The molecule has 4 heteroatoms. The number of benzene rings is 1. The highest BCUT2D eigenvalue weighted by Gasteiger charge is 2.32. The molecule has 2 aliphatic heterocycles. The molecule has 1 aromatic carbocycles. The third kappa shape index (κ3) is 3.27. The molecule has 3 rings (SSSR count). The van der Waals surface area contributed by atoms with Crippen LogP contribution in [0, 0.1) is 5.92 Å². The van der Waals surface area contributed by atoms with E-state index in [-0.39, 0.29) is 11.9 Å². The Morgan fingerprint density at radius 2 is 2.19 bits per heavy atom. The van der Waals surface area contributed by atoms with Crippen molar-refractivity contribution in [3.63, 3.8) is 0 Å². The summed E-state index contributed by atoms with van der Waals surface area (Å²) >= 11 is 0. The molecule has 114 valence electrons. The van der Waals surface area contributed by atoms with E-state index in [4.69, 9.17) is 0 Å². The summed E-state index contributed by atoms with van der Waals surface area (Å²) in [4.78, 5) is 15.0. The first-order valence-corrected chi connectivity index (χ1v) is 8.05. The lowest BCUT2D eigenvalue weighted by Gasteiger charge is -2.37. The zero-order valence-corrected chi connectivity index (χ0v) is 12.8. The van der Waals surface area contributed by atoms with Crippen LogP contribution in [0.4, 0.5) is 5.69 Å². The average Bonchev–Trinajstić information content (AvgIpc) is 2.66. The van der Waals surface area contributed by atoms with Crippen molar-refractivity contribution < 1.29 is 4.79 Å². The summed E-state index contributed by atoms with van der Waals surface area (Å²) in [6.07, 6.45) is 4.37. The second-order valence-corrected chi connectivity index (χ2v) is 6.26. The molecular formula is C17H25N3O. The van der Waals surface area contributed by atoms with Gasteiger partial charge in [-0.15, -0.1) is 0 Å². The number of fused-ring (bicyclic) bond motifs is 1. The Hall–Kier alpha value is -1.39. The molecule has 1 saturated heterocycles. The van der Waals surface area contributed by atoms with Crippen LogP contribution in [-0.2, 0) is 11.2 Å². The van der Waals surface area contributed by atoms with Gasteiger partial charge in [0.05, 0.1) is 6.04 Å². The van der Waals surface area contributed by atoms with E-state index in [1.165, 1.54) is 18.4 Å². The Balaban J connectivity index is 1.70. The Morgan fingerprint density at radius 1 is 1.33 bits per heavy atom. The number of carbonyl (C=O) groups is 1. The number of carbonyl (C=O) groups excluding carboxylic acids is 1. The summed E-state index contributed by atoms with van der Waals surface area (Å²) in [7, 11) is 2.01. The van der Waals surface area contributed by atoms with Gasteiger partial charge in [0.25, 0.3) is 0 Å². The molecule has 4 nitrogen and oxygen atoms in total. The number of anilines is 1. The molecule has 0 radical (unpaired) electrons. The van der Waals surface area contributed by atoms with E-state index in [1.807, 2.05) is 19.2 Å². The van der Waals surface area contributed by atoms with Crippen molar-refractivity contribution in [3.8, 4) is 0 Å². The molecule has 1 amide bonds. The number of hydrogen-bond acceptors (Lipinski definition) is 3. The molecule has 0 aromatic heterocycles. The van der Waals surface area contributed by atoms with Gasteiger partial charge in [-0.05, 0) is 63.4 Å². The van der Waals surface area contributed by atoms with Crippen molar-refractivity contribution in [1.82, 2.24) is 10.2 Å². The van der Waals surface area contributed by atoms with Crippen molar-refractivity contribution in [1.29, 1.82) is 0 Å². The van der Waals surface area contributed by atoms with Crippen LogP contribution in [0.3, 0.4) is 0 Å². The number of likely N-dealkylation sites (tertiary alicyclic amines) is 1. The molecule has 1 aromatic rings. The maximum atomic E-state index is 12.6. The summed E-state index contributed by atoms with van der Waals surface area (Å²) in [6.45, 7) is 3.13. The van der Waals surface area contributed by atoms with E-state index in [0.29, 0.717) is 5.92 Å². The highest BCUT2D eigenvalue weighted by Crippen LogP contribution is 2.26. The predicted octanol–water partition coefficient (Wildman–Crippen LogP) is 1.87. The maximum absolute atomic E-state index is 12.6. The molecule has 0 aliphatic carbocycles. The molecule has 2 unspecified atom stereocenters. The summed E-state index contributed by atoms with van der Waals surface area (Å²) in [5, 5.41) is 6.39. The normalized spacial score (nSPS) is 26.8. The van der Waals surface area contributed by atoms with E-state index >= 15 is 0 Å². The fraction of sp³-hybridized carbons (Fsp3) is 0.588. The smallest absolute Gasteiger partial charge is 0.241 e. The quantitative estimate of drug-likeness (QED) is 0.892. The number of nitrogens with one attached hydrogen (secondary N) is 2. The molecule has 0 spiro atoms. The number of piperidine rings is 1. The first-order chi connectivity index (χ1) is 10.3. The first kappa shape index (κ1) is 14.5. The van der Waals surface area contributed by atoms with E-state index in [9.17, 15) is 4.79 Å². The topological polar surface area (TPSA) is 44.4 Å². The van der Waals surface area contributed by atoms with Gasteiger partial charge in [0.15, 0.2) is 0 Å². The standard InChI is InChI=1S/C17H25N3O/c1-18-11-13-5-4-10-20(12-13)16-9-8-14-6-2-3-7-15(14)19-17(16)21/h2-3,6-7,13,16,18H,4-5,8-12H2,1H3,(H,19,21). The molecule has 2 N–H and O–H groups in total. The zero-order valence-electron chi connectivity index (χ0n) is 12.8. The monoisotopic (exact) mass is 287 g/mol. The second-order valence-electron chi connectivity index (χ2n) is 6.26. The molecule has 2 heterocycles. The zero-order chi connectivity index (χ0) is 14.7. The van der Waals surface area contributed by atoms with Crippen LogP contribution in [0.2, 0.25) is 0 Å². The highest BCUT2D eigenvalue weighted by molar-refractivity contribution is 5.96. The number of amides is 1. The van der Waals surface area contributed by atoms with Crippen molar-refractivity contribution in [2.75, 3.05) is 32.0 Å². The molecule has 0 saturated carbocycles. The van der Waals surface area contributed by atoms with Gasteiger partial charge in [0.2, 0.25) is 5.91 Å². The van der Waals surface area contributed by atoms with Gasteiger partial charge in [0.1, 0.15) is 0 Å². The number of hydrogen-bond donors (Lipinski definition) is 2. The van der Waals surface area contributed by atoms with E-state index in [0.717, 1.165) is 38.2 Å². The van der Waals surface area contributed by atoms with E-state index < -0.39 is 0 Å². The minimum Gasteiger partial charge on any atom is -0.324 e. The van der Waals surface area contributed by atoms with Crippen LogP contribution in [0.5, 0.6) is 0 Å². The van der Waals surface area contributed by atoms with Gasteiger partial charge in [-0.3, -0.25) is 9.69 Å². The minimum atomic E-state index is 0.0251. The highest BCUT2D eigenvalue weighted by atomic mass is 16.2. The Labute approximate surface area is 126 Å². The lowest BCUT2D eigenvalue weighted by Crippen LogP contribution is -2.49. The fourth-order valence-corrected chi connectivity index (χ4v) is 3.68. The SMILES string of the molecule is CNCC1CCCN(C2CCc3ccccc3NC2=O)C1. The van der Waals surface area contributed by atoms with Crippen molar-refractivity contribution >= 4 is 11.6 Å². The number of nitrogens with zero attached hydrogens (tertiary/aromatic N) is 1. The largest absolute Gasteiger partial charge is 0.324 e. The minimum absolute atomic E-state index is 0.0251.